The van der Waals surface area contributed by atoms with E-state index in [1.54, 1.807) is 0 Å². The minimum Gasteiger partial charge on any atom is -0.371 e. The van der Waals surface area contributed by atoms with Crippen molar-refractivity contribution in [1.82, 2.24) is 5.32 Å². The molecule has 1 saturated heterocycles. The van der Waals surface area contributed by atoms with Crippen LogP contribution in [0.2, 0.25) is 0 Å². The number of rotatable bonds is 4. The van der Waals surface area contributed by atoms with Gasteiger partial charge in [0.05, 0.1) is 0 Å². The van der Waals surface area contributed by atoms with Crippen molar-refractivity contribution in [3.63, 3.8) is 0 Å². The van der Waals surface area contributed by atoms with Crippen LogP contribution in [0.5, 0.6) is 0 Å². The summed E-state index contributed by atoms with van der Waals surface area (Å²) in [6.45, 7) is 7.84. The number of halogens is 1. The Morgan fingerprint density at radius 1 is 1.15 bits per heavy atom. The van der Waals surface area contributed by atoms with Gasteiger partial charge in [0.25, 0.3) is 0 Å². The highest BCUT2D eigenvalue weighted by molar-refractivity contribution is 9.10. The molecule has 1 aliphatic rings. The van der Waals surface area contributed by atoms with Crippen molar-refractivity contribution in [3.05, 3.63) is 28.2 Å². The molecule has 0 spiro atoms. The molecule has 1 N–H and O–H groups in total. The fourth-order valence-corrected chi connectivity index (χ4v) is 3.44. The monoisotopic (exact) mass is 338 g/mol. The van der Waals surface area contributed by atoms with Gasteiger partial charge in [-0.3, -0.25) is 0 Å². The average molecular weight is 339 g/mol. The molecule has 0 saturated carbocycles. The third kappa shape index (κ3) is 4.23. The van der Waals surface area contributed by atoms with Crippen LogP contribution in [0, 0.1) is 0 Å². The number of benzene rings is 1. The lowest BCUT2D eigenvalue weighted by molar-refractivity contribution is 0.549. The van der Waals surface area contributed by atoms with Crippen LogP contribution >= 0.6 is 15.9 Å². The van der Waals surface area contributed by atoms with Crippen LogP contribution in [0.3, 0.4) is 0 Å². The molecular formula is C17H27BrN2. The lowest BCUT2D eigenvalue weighted by Crippen LogP contribution is -2.29. The van der Waals surface area contributed by atoms with E-state index in [0.29, 0.717) is 6.04 Å². The Labute approximate surface area is 132 Å². The van der Waals surface area contributed by atoms with Crippen molar-refractivity contribution in [2.24, 2.45) is 0 Å². The highest BCUT2D eigenvalue weighted by atomic mass is 79.9. The molecule has 112 valence electrons. The van der Waals surface area contributed by atoms with Crippen LogP contribution < -0.4 is 10.2 Å². The van der Waals surface area contributed by atoms with Gasteiger partial charge in [0, 0.05) is 29.3 Å². The zero-order valence-corrected chi connectivity index (χ0v) is 14.4. The van der Waals surface area contributed by atoms with Gasteiger partial charge in [-0.05, 0) is 50.1 Å². The van der Waals surface area contributed by atoms with E-state index in [1.807, 2.05) is 0 Å². The second-order valence-corrected chi connectivity index (χ2v) is 6.65. The van der Waals surface area contributed by atoms with Crippen molar-refractivity contribution in [3.8, 4) is 0 Å². The van der Waals surface area contributed by atoms with Crippen molar-refractivity contribution in [2.45, 2.75) is 52.0 Å². The third-order valence-electron chi connectivity index (χ3n) is 4.16. The maximum Gasteiger partial charge on any atom is 0.0415 e. The van der Waals surface area contributed by atoms with Gasteiger partial charge < -0.3 is 10.2 Å². The summed E-state index contributed by atoms with van der Waals surface area (Å²) in [7, 11) is 0. The molecule has 1 aromatic rings. The largest absolute Gasteiger partial charge is 0.371 e. The van der Waals surface area contributed by atoms with E-state index in [-0.39, 0.29) is 0 Å². The fourth-order valence-electron chi connectivity index (χ4n) is 3.06. The standard InChI is InChI=1S/C17H27BrN2/c1-3-19-14(2)16-13-15(18)9-10-17(16)20-11-7-5-4-6-8-12-20/h9-10,13-14,19H,3-8,11-12H2,1-2H3. The molecule has 1 heterocycles. The van der Waals surface area contributed by atoms with Crippen LogP contribution in [-0.2, 0) is 0 Å². The second-order valence-electron chi connectivity index (χ2n) is 5.74. The number of nitrogens with zero attached hydrogens (tertiary/aromatic N) is 1. The van der Waals surface area contributed by atoms with E-state index in [9.17, 15) is 0 Å². The first-order valence-corrected chi connectivity index (χ1v) is 8.79. The van der Waals surface area contributed by atoms with Crippen LogP contribution in [0.1, 0.15) is 57.6 Å². The predicted octanol–water partition coefficient (Wildman–Crippen LogP) is 4.89. The Morgan fingerprint density at radius 2 is 1.80 bits per heavy atom. The van der Waals surface area contributed by atoms with Crippen molar-refractivity contribution in [2.75, 3.05) is 24.5 Å². The van der Waals surface area contributed by atoms with Gasteiger partial charge in [-0.15, -0.1) is 0 Å². The second kappa shape index (κ2) is 8.04. The lowest BCUT2D eigenvalue weighted by Gasteiger charge is -2.30. The molecule has 1 aromatic carbocycles. The molecule has 20 heavy (non-hydrogen) atoms. The van der Waals surface area contributed by atoms with Crippen molar-refractivity contribution in [1.29, 1.82) is 0 Å². The fraction of sp³-hybridized carbons (Fsp3) is 0.647. The van der Waals surface area contributed by atoms with Crippen LogP contribution in [-0.4, -0.2) is 19.6 Å². The molecule has 0 bridgehead atoms. The molecule has 1 fully saturated rings. The third-order valence-corrected chi connectivity index (χ3v) is 4.66. The molecule has 2 rings (SSSR count). The van der Waals surface area contributed by atoms with Gasteiger partial charge in [-0.2, -0.15) is 0 Å². The number of hydrogen-bond acceptors (Lipinski definition) is 2. The Bertz CT molecular complexity index is 411. The quantitative estimate of drug-likeness (QED) is 0.840. The summed E-state index contributed by atoms with van der Waals surface area (Å²) in [5.74, 6) is 0. The number of hydrogen-bond donors (Lipinski definition) is 1. The van der Waals surface area contributed by atoms with E-state index in [1.165, 1.54) is 60.9 Å². The summed E-state index contributed by atoms with van der Waals surface area (Å²) in [6, 6.07) is 7.14. The maximum atomic E-state index is 3.62. The predicted molar refractivity (Wildman–Crippen MR) is 91.5 cm³/mol. The first kappa shape index (κ1) is 15.8. The van der Waals surface area contributed by atoms with Gasteiger partial charge >= 0.3 is 0 Å². The normalized spacial score (nSPS) is 18.4. The molecule has 0 radical (unpaired) electrons. The minimum absolute atomic E-state index is 0.401. The molecule has 0 aliphatic carbocycles. The summed E-state index contributed by atoms with van der Waals surface area (Å²) in [4.78, 5) is 2.59. The van der Waals surface area contributed by atoms with Crippen molar-refractivity contribution < 1.29 is 0 Å². The topological polar surface area (TPSA) is 15.3 Å². The Morgan fingerprint density at radius 3 is 2.45 bits per heavy atom. The van der Waals surface area contributed by atoms with Crippen molar-refractivity contribution >= 4 is 21.6 Å². The van der Waals surface area contributed by atoms with Gasteiger partial charge in [0.1, 0.15) is 0 Å². The van der Waals surface area contributed by atoms with Crippen LogP contribution in [0.25, 0.3) is 0 Å². The zero-order valence-electron chi connectivity index (χ0n) is 12.8. The molecular weight excluding hydrogens is 312 g/mol. The average Bonchev–Trinajstić information content (AvgIpc) is 2.39. The molecule has 2 nitrogen and oxygen atoms in total. The minimum atomic E-state index is 0.401. The lowest BCUT2D eigenvalue weighted by atomic mass is 10.0. The molecule has 0 aromatic heterocycles. The Kier molecular flexibility index (Phi) is 6.37. The zero-order chi connectivity index (χ0) is 14.4. The SMILES string of the molecule is CCNC(C)c1cc(Br)ccc1N1CCCCCCC1. The summed E-state index contributed by atoms with van der Waals surface area (Å²) < 4.78 is 1.17. The van der Waals surface area contributed by atoms with Gasteiger partial charge in [0.15, 0.2) is 0 Å². The molecule has 3 heteroatoms. The van der Waals surface area contributed by atoms with E-state index < -0.39 is 0 Å². The number of anilines is 1. The van der Waals surface area contributed by atoms with Gasteiger partial charge in [0.2, 0.25) is 0 Å². The first-order chi connectivity index (χ1) is 9.72. The summed E-state index contributed by atoms with van der Waals surface area (Å²) in [5, 5.41) is 3.55. The summed E-state index contributed by atoms with van der Waals surface area (Å²) >= 11 is 3.62. The highest BCUT2D eigenvalue weighted by Crippen LogP contribution is 2.31. The Hall–Kier alpha value is -0.540. The maximum absolute atomic E-state index is 3.62. The van der Waals surface area contributed by atoms with Crippen LogP contribution in [0.4, 0.5) is 5.69 Å². The summed E-state index contributed by atoms with van der Waals surface area (Å²) in [6.07, 6.45) is 6.82. The van der Waals surface area contributed by atoms with E-state index in [2.05, 4.69) is 58.2 Å². The smallest absolute Gasteiger partial charge is 0.0415 e. The number of nitrogens with one attached hydrogen (secondary N) is 1. The van der Waals surface area contributed by atoms with E-state index in [4.69, 9.17) is 0 Å². The van der Waals surface area contributed by atoms with E-state index >= 15 is 0 Å². The molecule has 1 aliphatic heterocycles. The highest BCUT2D eigenvalue weighted by Gasteiger charge is 2.16. The van der Waals surface area contributed by atoms with Gasteiger partial charge in [-0.1, -0.05) is 42.1 Å². The first-order valence-electron chi connectivity index (χ1n) is 8.00. The van der Waals surface area contributed by atoms with Crippen LogP contribution in [0.15, 0.2) is 22.7 Å². The molecule has 1 atom stereocenters. The van der Waals surface area contributed by atoms with E-state index in [0.717, 1.165) is 6.54 Å². The molecule has 1 unspecified atom stereocenters. The van der Waals surface area contributed by atoms with Gasteiger partial charge in [-0.25, -0.2) is 0 Å². The summed E-state index contributed by atoms with van der Waals surface area (Å²) in [5.41, 5.74) is 2.84. The molecule has 0 amide bonds. The Balaban J connectivity index is 2.23.